The average molecular weight is 318 g/mol. The van der Waals surface area contributed by atoms with Gasteiger partial charge in [-0.05, 0) is 12.1 Å². The zero-order chi connectivity index (χ0) is 12.3. The molecule has 0 saturated carbocycles. The Balaban J connectivity index is 0.00000162. The molecule has 1 aliphatic heterocycles. The number of hydrogen-bond donors (Lipinski definition) is 1. The minimum Gasteiger partial charge on any atom is -0.314 e. The van der Waals surface area contributed by atoms with E-state index in [-0.39, 0.29) is 24.8 Å². The first-order chi connectivity index (χ1) is 8.05. The molecule has 0 aromatic carbocycles. The lowest BCUT2D eigenvalue weighted by Crippen LogP contribution is -2.43. The number of pyridine rings is 1. The second-order valence-electron chi connectivity index (χ2n) is 4.06. The van der Waals surface area contributed by atoms with E-state index in [9.17, 15) is 13.2 Å². The summed E-state index contributed by atoms with van der Waals surface area (Å²) in [6.07, 6.45) is -3.40. The summed E-state index contributed by atoms with van der Waals surface area (Å²) in [7, 11) is 0. The molecule has 2 rings (SSSR count). The van der Waals surface area contributed by atoms with Gasteiger partial charge in [0.15, 0.2) is 0 Å². The summed E-state index contributed by atoms with van der Waals surface area (Å²) in [4.78, 5) is 6.03. The molecule has 1 aromatic heterocycles. The zero-order valence-corrected chi connectivity index (χ0v) is 11.7. The van der Waals surface area contributed by atoms with Crippen LogP contribution in [0.25, 0.3) is 0 Å². The van der Waals surface area contributed by atoms with Crippen molar-refractivity contribution in [3.8, 4) is 0 Å². The lowest BCUT2D eigenvalue weighted by molar-refractivity contribution is -0.137. The van der Waals surface area contributed by atoms with Crippen molar-refractivity contribution in [3.63, 3.8) is 0 Å². The van der Waals surface area contributed by atoms with Crippen molar-refractivity contribution < 1.29 is 13.2 Å². The van der Waals surface area contributed by atoms with E-state index in [4.69, 9.17) is 0 Å². The predicted molar refractivity (Wildman–Crippen MR) is 71.9 cm³/mol. The monoisotopic (exact) mass is 317 g/mol. The van der Waals surface area contributed by atoms with Crippen LogP contribution in [0.2, 0.25) is 0 Å². The summed E-state index contributed by atoms with van der Waals surface area (Å²) < 4.78 is 37.0. The van der Waals surface area contributed by atoms with E-state index in [1.54, 1.807) is 0 Å². The van der Waals surface area contributed by atoms with Gasteiger partial charge in [-0.1, -0.05) is 0 Å². The molecular weight excluding hydrogens is 302 g/mol. The lowest BCUT2D eigenvalue weighted by Gasteiger charge is -2.26. The van der Waals surface area contributed by atoms with Crippen LogP contribution < -0.4 is 5.32 Å². The van der Waals surface area contributed by atoms with E-state index >= 15 is 0 Å². The van der Waals surface area contributed by atoms with Crippen LogP contribution in [-0.4, -0.2) is 36.1 Å². The zero-order valence-electron chi connectivity index (χ0n) is 10.1. The molecule has 2 heterocycles. The third-order valence-electron chi connectivity index (χ3n) is 2.75. The van der Waals surface area contributed by atoms with Gasteiger partial charge in [-0.15, -0.1) is 24.8 Å². The van der Waals surface area contributed by atoms with Crippen molar-refractivity contribution in [2.75, 3.05) is 26.2 Å². The number of alkyl halides is 3. The molecule has 1 fully saturated rings. The SMILES string of the molecule is Cl.Cl.FC(F)(F)c1ccc(CN2CCNCC2)nc1. The maximum Gasteiger partial charge on any atom is 0.417 e. The van der Waals surface area contributed by atoms with Gasteiger partial charge in [-0.25, -0.2) is 0 Å². The highest BCUT2D eigenvalue weighted by Gasteiger charge is 2.30. The molecule has 0 amide bonds. The normalized spacial score (nSPS) is 16.4. The van der Waals surface area contributed by atoms with Crippen LogP contribution in [0.15, 0.2) is 18.3 Å². The van der Waals surface area contributed by atoms with Gasteiger partial charge in [0.1, 0.15) is 0 Å². The molecule has 0 aliphatic carbocycles. The minimum atomic E-state index is -4.30. The Labute approximate surface area is 122 Å². The fourth-order valence-electron chi connectivity index (χ4n) is 1.78. The van der Waals surface area contributed by atoms with E-state index in [0.29, 0.717) is 12.2 Å². The number of rotatable bonds is 2. The summed E-state index contributed by atoms with van der Waals surface area (Å²) in [6, 6.07) is 2.54. The molecule has 0 unspecified atom stereocenters. The van der Waals surface area contributed by atoms with Crippen molar-refractivity contribution in [3.05, 3.63) is 29.6 Å². The molecule has 110 valence electrons. The predicted octanol–water partition coefficient (Wildman–Crippen LogP) is 2.35. The maximum absolute atomic E-state index is 12.3. The molecule has 1 N–H and O–H groups in total. The first-order valence-electron chi connectivity index (χ1n) is 5.51. The van der Waals surface area contributed by atoms with Gasteiger partial charge in [0, 0.05) is 38.9 Å². The Bertz CT molecular complexity index is 364. The van der Waals surface area contributed by atoms with Crippen LogP contribution in [0.1, 0.15) is 11.3 Å². The molecule has 1 aromatic rings. The van der Waals surface area contributed by atoms with Gasteiger partial charge >= 0.3 is 6.18 Å². The minimum absolute atomic E-state index is 0. The highest BCUT2D eigenvalue weighted by molar-refractivity contribution is 5.85. The van der Waals surface area contributed by atoms with Crippen LogP contribution in [0.5, 0.6) is 0 Å². The van der Waals surface area contributed by atoms with Crippen molar-refractivity contribution in [1.29, 1.82) is 0 Å². The van der Waals surface area contributed by atoms with Gasteiger partial charge < -0.3 is 5.32 Å². The largest absolute Gasteiger partial charge is 0.417 e. The van der Waals surface area contributed by atoms with Gasteiger partial charge in [0.2, 0.25) is 0 Å². The summed E-state index contributed by atoms with van der Waals surface area (Å²) >= 11 is 0. The third-order valence-corrected chi connectivity index (χ3v) is 2.75. The Kier molecular flexibility index (Phi) is 7.66. The molecular formula is C11H16Cl2F3N3. The molecule has 1 aliphatic rings. The van der Waals surface area contributed by atoms with E-state index in [0.717, 1.165) is 38.4 Å². The maximum atomic E-state index is 12.3. The van der Waals surface area contributed by atoms with Gasteiger partial charge in [-0.2, -0.15) is 13.2 Å². The molecule has 8 heteroatoms. The fourth-order valence-corrected chi connectivity index (χ4v) is 1.78. The smallest absolute Gasteiger partial charge is 0.314 e. The number of hydrogen-bond acceptors (Lipinski definition) is 3. The Hall–Kier alpha value is -0.560. The quantitative estimate of drug-likeness (QED) is 0.907. The van der Waals surface area contributed by atoms with E-state index in [1.807, 2.05) is 0 Å². The molecule has 0 atom stereocenters. The topological polar surface area (TPSA) is 28.2 Å². The summed E-state index contributed by atoms with van der Waals surface area (Å²) in [5.74, 6) is 0. The third kappa shape index (κ3) is 5.52. The van der Waals surface area contributed by atoms with Crippen LogP contribution >= 0.6 is 24.8 Å². The lowest BCUT2D eigenvalue weighted by atomic mass is 10.2. The summed E-state index contributed by atoms with van der Waals surface area (Å²) in [6.45, 7) is 4.26. The molecule has 19 heavy (non-hydrogen) atoms. The van der Waals surface area contributed by atoms with Gasteiger partial charge in [-0.3, -0.25) is 9.88 Å². The second-order valence-corrected chi connectivity index (χ2v) is 4.06. The average Bonchev–Trinajstić information content (AvgIpc) is 2.30. The molecule has 0 radical (unpaired) electrons. The van der Waals surface area contributed by atoms with Crippen molar-refractivity contribution in [1.82, 2.24) is 15.2 Å². The van der Waals surface area contributed by atoms with E-state index in [2.05, 4.69) is 15.2 Å². The first-order valence-corrected chi connectivity index (χ1v) is 5.51. The van der Waals surface area contributed by atoms with Crippen LogP contribution in [-0.2, 0) is 12.7 Å². The van der Waals surface area contributed by atoms with E-state index in [1.165, 1.54) is 6.07 Å². The number of halogens is 5. The standard InChI is InChI=1S/C11H14F3N3.2ClH/c12-11(13,14)9-1-2-10(16-7-9)8-17-5-3-15-4-6-17;;/h1-2,7,15H,3-6,8H2;2*1H. The fraction of sp³-hybridized carbons (Fsp3) is 0.545. The molecule has 0 bridgehead atoms. The number of aromatic nitrogens is 1. The second kappa shape index (κ2) is 7.89. The van der Waals surface area contributed by atoms with E-state index < -0.39 is 11.7 Å². The van der Waals surface area contributed by atoms with Crippen molar-refractivity contribution >= 4 is 24.8 Å². The summed E-state index contributed by atoms with van der Waals surface area (Å²) in [5, 5.41) is 3.22. The molecule has 0 spiro atoms. The first kappa shape index (κ1) is 18.4. The molecule has 1 saturated heterocycles. The highest BCUT2D eigenvalue weighted by Crippen LogP contribution is 2.28. The number of nitrogens with one attached hydrogen (secondary N) is 1. The number of piperazine rings is 1. The number of nitrogens with zero attached hydrogens (tertiary/aromatic N) is 2. The Morgan fingerprint density at radius 3 is 2.26 bits per heavy atom. The van der Waals surface area contributed by atoms with Crippen molar-refractivity contribution in [2.45, 2.75) is 12.7 Å². The highest BCUT2D eigenvalue weighted by atomic mass is 35.5. The van der Waals surface area contributed by atoms with Gasteiger partial charge in [0.05, 0.1) is 11.3 Å². The molecule has 3 nitrogen and oxygen atoms in total. The summed E-state index contributed by atoms with van der Waals surface area (Å²) in [5.41, 5.74) is -0.0125. The van der Waals surface area contributed by atoms with Gasteiger partial charge in [0.25, 0.3) is 0 Å². The Morgan fingerprint density at radius 2 is 1.79 bits per heavy atom. The van der Waals surface area contributed by atoms with Crippen LogP contribution in [0, 0.1) is 0 Å². The van der Waals surface area contributed by atoms with Crippen LogP contribution in [0.3, 0.4) is 0 Å². The Morgan fingerprint density at radius 1 is 1.16 bits per heavy atom. The van der Waals surface area contributed by atoms with Crippen LogP contribution in [0.4, 0.5) is 13.2 Å². The van der Waals surface area contributed by atoms with Crippen molar-refractivity contribution in [2.24, 2.45) is 0 Å².